The van der Waals surface area contributed by atoms with Gasteiger partial charge in [0.1, 0.15) is 11.1 Å². The molecule has 0 fully saturated rings. The number of aromatic nitrogens is 1. The molecule has 1 rings (SSSR count). The fraction of sp³-hybridized carbons (Fsp3) is 0.727. The third kappa shape index (κ3) is 4.37. The molecule has 0 spiro atoms. The van der Waals surface area contributed by atoms with Crippen molar-refractivity contribution in [1.82, 2.24) is 4.98 Å². The number of hydrogen-bond donors (Lipinski definition) is 0. The Labute approximate surface area is 106 Å². The second-order valence-corrected chi connectivity index (χ2v) is 4.72. The van der Waals surface area contributed by atoms with Gasteiger partial charge in [-0.15, -0.1) is 22.9 Å². The average Bonchev–Trinajstić information content (AvgIpc) is 2.74. The summed E-state index contributed by atoms with van der Waals surface area (Å²) in [4.78, 5) is 4.38. The number of thiazole rings is 1. The summed E-state index contributed by atoms with van der Waals surface area (Å²) in [5.74, 6) is 0.456. The van der Waals surface area contributed by atoms with E-state index in [1.165, 1.54) is 0 Å². The van der Waals surface area contributed by atoms with Crippen LogP contribution in [0.25, 0.3) is 0 Å². The minimum atomic E-state index is -0.00239. The van der Waals surface area contributed by atoms with Gasteiger partial charge >= 0.3 is 0 Å². The highest BCUT2D eigenvalue weighted by Gasteiger charge is 2.14. The van der Waals surface area contributed by atoms with Crippen LogP contribution in [0, 0.1) is 0 Å². The van der Waals surface area contributed by atoms with E-state index in [1.807, 2.05) is 26.2 Å². The highest BCUT2D eigenvalue weighted by Crippen LogP contribution is 2.23. The molecule has 0 N–H and O–H groups in total. The van der Waals surface area contributed by atoms with Gasteiger partial charge in [0, 0.05) is 12.0 Å². The molecule has 1 heterocycles. The van der Waals surface area contributed by atoms with E-state index in [0.29, 0.717) is 12.5 Å². The molecule has 2 unspecified atom stereocenters. The molecule has 1 aromatic heterocycles. The van der Waals surface area contributed by atoms with E-state index in [2.05, 4.69) is 4.98 Å². The molecule has 0 saturated carbocycles. The Balaban J connectivity index is 2.41. The summed E-state index contributed by atoms with van der Waals surface area (Å²) in [5.41, 5.74) is 0.912. The molecule has 0 amide bonds. The maximum absolute atomic E-state index is 5.78. The summed E-state index contributed by atoms with van der Waals surface area (Å²) in [6.07, 6.45) is 0.0794. The summed E-state index contributed by atoms with van der Waals surface area (Å²) in [6, 6.07) is 0. The summed E-state index contributed by atoms with van der Waals surface area (Å²) in [7, 11) is 0. The molecule has 0 radical (unpaired) electrons. The van der Waals surface area contributed by atoms with Gasteiger partial charge in [-0.2, -0.15) is 0 Å². The molecule has 0 bridgehead atoms. The monoisotopic (exact) mass is 263 g/mol. The predicted molar refractivity (Wildman–Crippen MR) is 67.1 cm³/mol. The first kappa shape index (κ1) is 13.9. The van der Waals surface area contributed by atoms with Crippen LogP contribution in [0.3, 0.4) is 0 Å². The van der Waals surface area contributed by atoms with Crippen LogP contribution in [-0.4, -0.2) is 24.3 Å². The van der Waals surface area contributed by atoms with Gasteiger partial charge in [-0.05, 0) is 20.8 Å². The maximum atomic E-state index is 5.78. The van der Waals surface area contributed by atoms with E-state index in [1.54, 1.807) is 11.3 Å². The Morgan fingerprint density at radius 1 is 1.50 bits per heavy atom. The number of rotatable bonds is 7. The van der Waals surface area contributed by atoms with Crippen molar-refractivity contribution in [1.29, 1.82) is 0 Å². The molecule has 5 heteroatoms. The zero-order valence-corrected chi connectivity index (χ0v) is 11.5. The lowest BCUT2D eigenvalue weighted by Gasteiger charge is -2.17. The van der Waals surface area contributed by atoms with Crippen molar-refractivity contribution in [3.63, 3.8) is 0 Å². The molecule has 3 nitrogen and oxygen atoms in total. The summed E-state index contributed by atoms with van der Waals surface area (Å²) >= 11 is 7.29. The van der Waals surface area contributed by atoms with Crippen molar-refractivity contribution in [2.75, 3.05) is 13.2 Å². The molecule has 0 aliphatic rings. The van der Waals surface area contributed by atoms with Crippen molar-refractivity contribution < 1.29 is 9.47 Å². The van der Waals surface area contributed by atoms with Crippen LogP contribution in [0.1, 0.15) is 37.6 Å². The van der Waals surface area contributed by atoms with Crippen molar-refractivity contribution >= 4 is 22.9 Å². The van der Waals surface area contributed by atoms with Crippen LogP contribution in [0.4, 0.5) is 0 Å². The van der Waals surface area contributed by atoms with Crippen molar-refractivity contribution in [3.05, 3.63) is 16.1 Å². The molecular formula is C11H18ClNO2S. The van der Waals surface area contributed by atoms with Gasteiger partial charge in [0.2, 0.25) is 0 Å². The Morgan fingerprint density at radius 3 is 2.81 bits per heavy atom. The van der Waals surface area contributed by atoms with E-state index in [0.717, 1.165) is 17.3 Å². The highest BCUT2D eigenvalue weighted by molar-refractivity contribution is 7.09. The topological polar surface area (TPSA) is 31.4 Å². The van der Waals surface area contributed by atoms with Crippen molar-refractivity contribution in [2.45, 2.75) is 38.9 Å². The van der Waals surface area contributed by atoms with Crippen LogP contribution in [0.5, 0.6) is 0 Å². The minimum absolute atomic E-state index is 0.00239. The molecule has 1 aromatic rings. The van der Waals surface area contributed by atoms with E-state index >= 15 is 0 Å². The van der Waals surface area contributed by atoms with Gasteiger partial charge in [0.05, 0.1) is 24.3 Å². The summed E-state index contributed by atoms with van der Waals surface area (Å²) in [6.45, 7) is 7.32. The van der Waals surface area contributed by atoms with Gasteiger partial charge < -0.3 is 9.47 Å². The van der Waals surface area contributed by atoms with Gasteiger partial charge in [-0.1, -0.05) is 0 Å². The van der Waals surface area contributed by atoms with E-state index < -0.39 is 0 Å². The first-order chi connectivity index (χ1) is 7.67. The van der Waals surface area contributed by atoms with Crippen LogP contribution < -0.4 is 0 Å². The molecule has 92 valence electrons. The molecule has 16 heavy (non-hydrogen) atoms. The Hall–Kier alpha value is -0.160. The SMILES string of the molecule is CCOCC(C)OC(C)c1nc(CCl)cs1. The number of ether oxygens (including phenoxy) is 2. The normalized spacial score (nSPS) is 15.0. The van der Waals surface area contributed by atoms with Gasteiger partial charge in [-0.3, -0.25) is 0 Å². The fourth-order valence-corrected chi connectivity index (χ4v) is 2.34. The fourth-order valence-electron chi connectivity index (χ4n) is 1.30. The van der Waals surface area contributed by atoms with E-state index in [-0.39, 0.29) is 12.2 Å². The first-order valence-electron chi connectivity index (χ1n) is 5.40. The second-order valence-electron chi connectivity index (χ2n) is 3.56. The first-order valence-corrected chi connectivity index (χ1v) is 6.82. The number of halogens is 1. The minimum Gasteiger partial charge on any atom is -0.379 e. The van der Waals surface area contributed by atoms with E-state index in [9.17, 15) is 0 Å². The molecular weight excluding hydrogens is 246 g/mol. The quantitative estimate of drug-likeness (QED) is 0.707. The molecule has 0 aliphatic carbocycles. The Kier molecular flexibility index (Phi) is 6.28. The third-order valence-electron chi connectivity index (χ3n) is 2.05. The number of alkyl halides is 1. The zero-order chi connectivity index (χ0) is 12.0. The second kappa shape index (κ2) is 7.22. The number of hydrogen-bond acceptors (Lipinski definition) is 4. The van der Waals surface area contributed by atoms with Crippen LogP contribution in [0.2, 0.25) is 0 Å². The van der Waals surface area contributed by atoms with Gasteiger partial charge in [0.15, 0.2) is 0 Å². The zero-order valence-electron chi connectivity index (χ0n) is 9.90. The number of nitrogens with zero attached hydrogens (tertiary/aromatic N) is 1. The molecule has 0 saturated heterocycles. The van der Waals surface area contributed by atoms with Gasteiger partial charge in [0.25, 0.3) is 0 Å². The average molecular weight is 264 g/mol. The smallest absolute Gasteiger partial charge is 0.122 e. The lowest BCUT2D eigenvalue weighted by Crippen LogP contribution is -2.18. The molecule has 0 aliphatic heterocycles. The van der Waals surface area contributed by atoms with Crippen molar-refractivity contribution in [3.8, 4) is 0 Å². The highest BCUT2D eigenvalue weighted by atomic mass is 35.5. The van der Waals surface area contributed by atoms with Crippen LogP contribution >= 0.6 is 22.9 Å². The largest absolute Gasteiger partial charge is 0.379 e. The summed E-state index contributed by atoms with van der Waals surface area (Å²) < 4.78 is 11.1. The molecule has 2 atom stereocenters. The molecule has 0 aromatic carbocycles. The lowest BCUT2D eigenvalue weighted by atomic mass is 10.4. The van der Waals surface area contributed by atoms with E-state index in [4.69, 9.17) is 21.1 Å². The Bertz CT molecular complexity index is 306. The third-order valence-corrected chi connectivity index (χ3v) is 3.38. The lowest BCUT2D eigenvalue weighted by molar-refractivity contribution is -0.0406. The van der Waals surface area contributed by atoms with Crippen molar-refractivity contribution in [2.24, 2.45) is 0 Å². The summed E-state index contributed by atoms with van der Waals surface area (Å²) in [5, 5.41) is 2.94. The van der Waals surface area contributed by atoms with Crippen LogP contribution in [0.15, 0.2) is 5.38 Å². The van der Waals surface area contributed by atoms with Crippen LogP contribution in [-0.2, 0) is 15.4 Å². The van der Waals surface area contributed by atoms with Gasteiger partial charge in [-0.25, -0.2) is 4.98 Å². The Morgan fingerprint density at radius 2 is 2.25 bits per heavy atom. The predicted octanol–water partition coefficient (Wildman–Crippen LogP) is 3.38. The maximum Gasteiger partial charge on any atom is 0.122 e. The standard InChI is InChI=1S/C11H18ClNO2S/c1-4-14-6-8(2)15-9(3)11-13-10(5-12)7-16-11/h7-9H,4-6H2,1-3H3.